The highest BCUT2D eigenvalue weighted by atomic mass is 35.5. The predicted octanol–water partition coefficient (Wildman–Crippen LogP) is 3.45. The number of halogens is 2. The van der Waals surface area contributed by atoms with E-state index in [9.17, 15) is 0 Å². The number of rotatable bonds is 5. The van der Waals surface area contributed by atoms with Crippen molar-refractivity contribution < 1.29 is 9.47 Å². The van der Waals surface area contributed by atoms with E-state index in [0.29, 0.717) is 18.2 Å². The van der Waals surface area contributed by atoms with Gasteiger partial charge in [0.1, 0.15) is 6.33 Å². The fraction of sp³-hybridized carbons (Fsp3) is 0.267. The van der Waals surface area contributed by atoms with Gasteiger partial charge in [0, 0.05) is 18.5 Å². The first-order valence-corrected chi connectivity index (χ1v) is 6.58. The molecule has 0 bridgehead atoms. The zero-order chi connectivity index (χ0) is 15.2. The second-order valence-electron chi connectivity index (χ2n) is 4.35. The standard InChI is InChI=1S/C15H18N4O2.2ClH/c1-4-21-14(16)6-5-12-7-13(20-3)15(17-8-12)19-9-11(2)18-10-19;;/h5-10,16H,4H2,1-3H3;2*1H/b6-5+,16-14?;;. The largest absolute Gasteiger partial charge is 0.493 e. The maximum Gasteiger partial charge on any atom is 0.205 e. The van der Waals surface area contributed by atoms with E-state index in [0.717, 1.165) is 11.3 Å². The SMILES string of the molecule is CCOC(=N)/C=C/c1cnc(-n2cnc(C)c2)c(OC)c1.Cl.Cl. The van der Waals surface area contributed by atoms with Crippen molar-refractivity contribution in [3.8, 4) is 11.6 Å². The summed E-state index contributed by atoms with van der Waals surface area (Å²) in [5.74, 6) is 1.43. The van der Waals surface area contributed by atoms with E-state index in [2.05, 4.69) is 9.97 Å². The minimum absolute atomic E-state index is 0. The van der Waals surface area contributed by atoms with Gasteiger partial charge in [0.15, 0.2) is 11.6 Å². The first-order chi connectivity index (χ1) is 10.1. The highest BCUT2D eigenvalue weighted by molar-refractivity contribution is 5.89. The fourth-order valence-corrected chi connectivity index (χ4v) is 1.80. The summed E-state index contributed by atoms with van der Waals surface area (Å²) >= 11 is 0. The third-order valence-electron chi connectivity index (χ3n) is 2.76. The molecule has 23 heavy (non-hydrogen) atoms. The van der Waals surface area contributed by atoms with Crippen LogP contribution in [0.3, 0.4) is 0 Å². The lowest BCUT2D eigenvalue weighted by molar-refractivity contribution is 0.327. The lowest BCUT2D eigenvalue weighted by atomic mass is 10.2. The van der Waals surface area contributed by atoms with Crippen molar-refractivity contribution in [1.82, 2.24) is 14.5 Å². The molecule has 0 radical (unpaired) electrons. The summed E-state index contributed by atoms with van der Waals surface area (Å²) in [5.41, 5.74) is 1.74. The molecule has 8 heteroatoms. The molecule has 0 aromatic carbocycles. The van der Waals surface area contributed by atoms with Gasteiger partial charge in [-0.3, -0.25) is 9.98 Å². The van der Waals surface area contributed by atoms with Crippen LogP contribution in [0.15, 0.2) is 30.9 Å². The topological polar surface area (TPSA) is 73.0 Å². The molecule has 2 aromatic heterocycles. The molecule has 0 atom stereocenters. The third kappa shape index (κ3) is 5.58. The van der Waals surface area contributed by atoms with E-state index in [1.165, 1.54) is 0 Å². The van der Waals surface area contributed by atoms with Gasteiger partial charge in [0.05, 0.1) is 19.4 Å². The number of hydrogen-bond acceptors (Lipinski definition) is 5. The molecular weight excluding hydrogens is 339 g/mol. The van der Waals surface area contributed by atoms with Gasteiger partial charge in [-0.2, -0.15) is 0 Å². The Hall–Kier alpha value is -2.05. The van der Waals surface area contributed by atoms with Gasteiger partial charge < -0.3 is 9.47 Å². The number of ether oxygens (including phenoxy) is 2. The minimum atomic E-state index is 0. The van der Waals surface area contributed by atoms with Crippen molar-refractivity contribution in [2.75, 3.05) is 13.7 Å². The van der Waals surface area contributed by atoms with E-state index in [1.54, 1.807) is 31.8 Å². The van der Waals surface area contributed by atoms with E-state index >= 15 is 0 Å². The van der Waals surface area contributed by atoms with Gasteiger partial charge >= 0.3 is 0 Å². The van der Waals surface area contributed by atoms with Crippen LogP contribution >= 0.6 is 24.8 Å². The Balaban J connectivity index is 0.00000242. The zero-order valence-corrected chi connectivity index (χ0v) is 14.8. The van der Waals surface area contributed by atoms with Crippen molar-refractivity contribution >= 4 is 36.8 Å². The number of nitrogens with zero attached hydrogens (tertiary/aromatic N) is 3. The quantitative estimate of drug-likeness (QED) is 0.656. The van der Waals surface area contributed by atoms with Crippen LogP contribution in [-0.2, 0) is 4.74 Å². The first-order valence-electron chi connectivity index (χ1n) is 6.58. The molecule has 2 aromatic rings. The highest BCUT2D eigenvalue weighted by Crippen LogP contribution is 2.22. The molecule has 0 saturated carbocycles. The number of hydrogen-bond donors (Lipinski definition) is 1. The van der Waals surface area contributed by atoms with E-state index in [1.807, 2.05) is 30.7 Å². The van der Waals surface area contributed by atoms with Crippen LogP contribution in [-0.4, -0.2) is 34.1 Å². The molecule has 0 spiro atoms. The van der Waals surface area contributed by atoms with E-state index < -0.39 is 0 Å². The molecule has 126 valence electrons. The molecule has 0 fully saturated rings. The Morgan fingerprint density at radius 2 is 2.09 bits per heavy atom. The van der Waals surface area contributed by atoms with Crippen LogP contribution in [0.25, 0.3) is 11.9 Å². The van der Waals surface area contributed by atoms with Crippen LogP contribution in [0.5, 0.6) is 5.75 Å². The molecule has 0 unspecified atom stereocenters. The molecule has 6 nitrogen and oxygen atoms in total. The van der Waals surface area contributed by atoms with E-state index in [4.69, 9.17) is 14.9 Å². The van der Waals surface area contributed by atoms with Crippen molar-refractivity contribution in [2.45, 2.75) is 13.8 Å². The lowest BCUT2D eigenvalue weighted by Gasteiger charge is -2.08. The van der Waals surface area contributed by atoms with Crippen LogP contribution < -0.4 is 4.74 Å². The highest BCUT2D eigenvalue weighted by Gasteiger charge is 2.08. The normalized spacial score (nSPS) is 9.87. The summed E-state index contributed by atoms with van der Waals surface area (Å²) in [6, 6.07) is 1.85. The Morgan fingerprint density at radius 1 is 1.35 bits per heavy atom. The van der Waals surface area contributed by atoms with Crippen LogP contribution in [0.4, 0.5) is 0 Å². The van der Waals surface area contributed by atoms with Gasteiger partial charge in [-0.05, 0) is 31.6 Å². The van der Waals surface area contributed by atoms with Crippen molar-refractivity contribution in [2.24, 2.45) is 0 Å². The molecule has 0 aliphatic rings. The monoisotopic (exact) mass is 358 g/mol. The van der Waals surface area contributed by atoms with Gasteiger partial charge in [-0.1, -0.05) is 0 Å². The van der Waals surface area contributed by atoms with Gasteiger partial charge in [0.25, 0.3) is 0 Å². The van der Waals surface area contributed by atoms with Crippen LogP contribution in [0.2, 0.25) is 0 Å². The third-order valence-corrected chi connectivity index (χ3v) is 2.76. The van der Waals surface area contributed by atoms with Crippen molar-refractivity contribution in [1.29, 1.82) is 5.41 Å². The molecule has 1 N–H and O–H groups in total. The van der Waals surface area contributed by atoms with Gasteiger partial charge in [-0.15, -0.1) is 24.8 Å². The summed E-state index contributed by atoms with van der Waals surface area (Å²) in [6.45, 7) is 4.23. The predicted molar refractivity (Wildman–Crippen MR) is 95.5 cm³/mol. The Labute approximate surface area is 147 Å². The Bertz CT molecular complexity index is 671. The van der Waals surface area contributed by atoms with Gasteiger partial charge in [0.2, 0.25) is 5.90 Å². The lowest BCUT2D eigenvalue weighted by Crippen LogP contribution is -2.00. The maximum absolute atomic E-state index is 7.54. The molecule has 2 heterocycles. The average molecular weight is 359 g/mol. The summed E-state index contributed by atoms with van der Waals surface area (Å²) in [5, 5.41) is 7.54. The van der Waals surface area contributed by atoms with Crippen LogP contribution in [0.1, 0.15) is 18.2 Å². The first kappa shape index (κ1) is 20.9. The number of imidazole rings is 1. The van der Waals surface area contributed by atoms with Gasteiger partial charge in [-0.25, -0.2) is 9.97 Å². The second-order valence-corrected chi connectivity index (χ2v) is 4.35. The molecule has 0 amide bonds. The summed E-state index contributed by atoms with van der Waals surface area (Å²) in [4.78, 5) is 8.57. The van der Waals surface area contributed by atoms with E-state index in [-0.39, 0.29) is 30.7 Å². The molecule has 0 aliphatic heterocycles. The Morgan fingerprint density at radius 3 is 2.65 bits per heavy atom. The number of pyridine rings is 1. The van der Waals surface area contributed by atoms with Crippen molar-refractivity contribution in [3.05, 3.63) is 42.1 Å². The molecular formula is C15H20Cl2N4O2. The maximum atomic E-state index is 7.54. The molecule has 2 rings (SSSR count). The second kappa shape index (κ2) is 9.86. The Kier molecular flexibility index (Phi) is 8.98. The molecule has 0 saturated heterocycles. The summed E-state index contributed by atoms with van der Waals surface area (Å²) < 4.78 is 12.2. The fourth-order valence-electron chi connectivity index (χ4n) is 1.80. The number of nitrogens with one attached hydrogen (secondary N) is 1. The smallest absolute Gasteiger partial charge is 0.205 e. The average Bonchev–Trinajstić information content (AvgIpc) is 2.91. The number of methoxy groups -OCH3 is 1. The summed E-state index contributed by atoms with van der Waals surface area (Å²) in [7, 11) is 1.60. The van der Waals surface area contributed by atoms with Crippen LogP contribution in [0, 0.1) is 12.3 Å². The van der Waals surface area contributed by atoms with Crippen molar-refractivity contribution in [3.63, 3.8) is 0 Å². The minimum Gasteiger partial charge on any atom is -0.493 e. The zero-order valence-electron chi connectivity index (χ0n) is 13.1. The summed E-state index contributed by atoms with van der Waals surface area (Å²) in [6.07, 6.45) is 8.63. The number of aromatic nitrogens is 3. The number of aryl methyl sites for hydroxylation is 1. The molecule has 0 aliphatic carbocycles.